The van der Waals surface area contributed by atoms with Gasteiger partial charge in [0.05, 0.1) is 0 Å². The second-order valence-corrected chi connectivity index (χ2v) is 4.70. The summed E-state index contributed by atoms with van der Waals surface area (Å²) < 4.78 is 0. The molecule has 2 heterocycles. The fraction of sp³-hybridized carbons (Fsp3) is 0.133. The highest BCUT2D eigenvalue weighted by Crippen LogP contribution is 2.28. The summed E-state index contributed by atoms with van der Waals surface area (Å²) in [6, 6.07) is 10.8. The molecule has 1 aromatic carbocycles. The Bertz CT molecular complexity index is 716. The first-order chi connectivity index (χ1) is 10.8. The first-order valence-corrected chi connectivity index (χ1v) is 6.76. The number of nitrogens with one attached hydrogen (secondary N) is 2. The highest BCUT2D eigenvalue weighted by atomic mass is 16.6. The molecule has 0 saturated carbocycles. The van der Waals surface area contributed by atoms with Crippen LogP contribution < -0.4 is 15.6 Å². The molecule has 112 valence electrons. The van der Waals surface area contributed by atoms with Crippen LogP contribution in [0.3, 0.4) is 0 Å². The average Bonchev–Trinajstić information content (AvgIpc) is 2.56. The van der Waals surface area contributed by atoms with Crippen molar-refractivity contribution in [3.8, 4) is 5.75 Å². The lowest BCUT2D eigenvalue weighted by atomic mass is 10.1. The maximum absolute atomic E-state index is 11.4. The molecule has 1 aromatic heterocycles. The van der Waals surface area contributed by atoms with Gasteiger partial charge in [-0.1, -0.05) is 35.5 Å². The molecule has 1 amide bonds. The number of amidine groups is 1. The third-order valence-corrected chi connectivity index (χ3v) is 3.28. The summed E-state index contributed by atoms with van der Waals surface area (Å²) in [6.07, 6.45) is 2.47. The average molecular weight is 298 g/mol. The van der Waals surface area contributed by atoms with E-state index >= 15 is 0 Å². The molecule has 0 saturated heterocycles. The minimum Gasteiger partial charge on any atom is -0.409 e. The first-order valence-electron chi connectivity index (χ1n) is 6.76. The van der Waals surface area contributed by atoms with E-state index in [0.717, 1.165) is 5.56 Å². The fourth-order valence-corrected chi connectivity index (χ4v) is 2.19. The quantitative estimate of drug-likeness (QED) is 0.347. The Morgan fingerprint density at radius 3 is 2.86 bits per heavy atom. The van der Waals surface area contributed by atoms with Crippen LogP contribution in [-0.4, -0.2) is 21.9 Å². The molecule has 0 spiro atoms. The molecule has 3 rings (SSSR count). The summed E-state index contributed by atoms with van der Waals surface area (Å²) in [7, 11) is 0. The van der Waals surface area contributed by atoms with Crippen LogP contribution in [0, 0.1) is 0 Å². The molecule has 2 aromatic rings. The molecule has 0 radical (unpaired) electrons. The molecule has 22 heavy (non-hydrogen) atoms. The van der Waals surface area contributed by atoms with Crippen molar-refractivity contribution < 1.29 is 14.8 Å². The molecule has 0 unspecified atom stereocenters. The molecule has 3 N–H and O–H groups in total. The van der Waals surface area contributed by atoms with Crippen molar-refractivity contribution in [2.45, 2.75) is 12.8 Å². The number of amides is 1. The van der Waals surface area contributed by atoms with Gasteiger partial charge in [0.25, 0.3) is 0 Å². The van der Waals surface area contributed by atoms with Crippen molar-refractivity contribution in [2.24, 2.45) is 5.16 Å². The minimum atomic E-state index is -0.0630. The lowest BCUT2D eigenvalue weighted by Gasteiger charge is -2.19. The molecular weight excluding hydrogens is 284 g/mol. The van der Waals surface area contributed by atoms with E-state index in [-0.39, 0.29) is 11.7 Å². The van der Waals surface area contributed by atoms with Crippen molar-refractivity contribution in [3.63, 3.8) is 0 Å². The Morgan fingerprint density at radius 2 is 2.09 bits per heavy atom. The monoisotopic (exact) mass is 298 g/mol. The van der Waals surface area contributed by atoms with Crippen molar-refractivity contribution >= 4 is 17.6 Å². The van der Waals surface area contributed by atoms with Crippen LogP contribution in [-0.2, 0) is 11.2 Å². The predicted octanol–water partition coefficient (Wildman–Crippen LogP) is 1.69. The number of hydrogen-bond donors (Lipinski definition) is 3. The highest BCUT2D eigenvalue weighted by molar-refractivity contribution is 5.97. The summed E-state index contributed by atoms with van der Waals surface area (Å²) in [4.78, 5) is 21.0. The van der Waals surface area contributed by atoms with Gasteiger partial charge in [-0.3, -0.25) is 4.79 Å². The number of hydroxylamine groups is 1. The van der Waals surface area contributed by atoms with Gasteiger partial charge < -0.3 is 15.4 Å². The van der Waals surface area contributed by atoms with E-state index in [4.69, 9.17) is 10.0 Å². The van der Waals surface area contributed by atoms with Gasteiger partial charge >= 0.3 is 0 Å². The number of oxime groups is 1. The summed E-state index contributed by atoms with van der Waals surface area (Å²) in [5.74, 6) is 1.15. The number of anilines is 1. The van der Waals surface area contributed by atoms with Crippen molar-refractivity contribution in [1.82, 2.24) is 10.5 Å². The van der Waals surface area contributed by atoms with Crippen LogP contribution in [0.2, 0.25) is 0 Å². The maximum Gasteiger partial charge on any atom is 0.225 e. The van der Waals surface area contributed by atoms with Gasteiger partial charge in [0.2, 0.25) is 11.7 Å². The summed E-state index contributed by atoms with van der Waals surface area (Å²) in [6.45, 7) is 0. The number of pyridine rings is 1. The van der Waals surface area contributed by atoms with E-state index in [2.05, 4.69) is 20.9 Å². The number of fused-ring (bicyclic) bond motifs is 1. The van der Waals surface area contributed by atoms with Crippen LogP contribution in [0.15, 0.2) is 47.8 Å². The van der Waals surface area contributed by atoms with Crippen LogP contribution >= 0.6 is 0 Å². The third-order valence-electron chi connectivity index (χ3n) is 3.28. The van der Waals surface area contributed by atoms with Gasteiger partial charge in [-0.15, -0.1) is 0 Å². The fourth-order valence-electron chi connectivity index (χ4n) is 2.19. The second-order valence-electron chi connectivity index (χ2n) is 4.70. The smallest absolute Gasteiger partial charge is 0.225 e. The standard InChI is InChI=1S/C15H14N4O3/c20-13-7-6-11-12(8-9-16-15(11)17-13)22-19-14(18-21)10-4-2-1-3-5-10/h1-5,8-9,21H,6-7H2,(H,18,19)(H,16,17,20). The molecule has 1 aliphatic heterocycles. The van der Waals surface area contributed by atoms with E-state index in [1.807, 2.05) is 18.2 Å². The number of carbonyl (C=O) groups is 1. The lowest BCUT2D eigenvalue weighted by Crippen LogP contribution is -2.29. The summed E-state index contributed by atoms with van der Waals surface area (Å²) in [5, 5.41) is 15.0. The maximum atomic E-state index is 11.4. The lowest BCUT2D eigenvalue weighted by molar-refractivity contribution is -0.116. The molecule has 7 heteroatoms. The Morgan fingerprint density at radius 1 is 1.27 bits per heavy atom. The van der Waals surface area contributed by atoms with Gasteiger partial charge in [-0.05, 0) is 6.42 Å². The molecule has 0 atom stereocenters. The zero-order valence-corrected chi connectivity index (χ0v) is 11.6. The normalized spacial score (nSPS) is 14.0. The Labute approximate surface area is 126 Å². The van der Waals surface area contributed by atoms with Gasteiger partial charge in [-0.2, -0.15) is 0 Å². The van der Waals surface area contributed by atoms with E-state index in [9.17, 15) is 4.79 Å². The Balaban J connectivity index is 1.77. The molecular formula is C15H14N4O3. The number of hydrogen-bond acceptors (Lipinski definition) is 5. The third kappa shape index (κ3) is 2.83. The molecule has 7 nitrogen and oxygen atoms in total. The number of carbonyl (C=O) groups excluding carboxylic acids is 1. The number of nitrogens with zero attached hydrogens (tertiary/aromatic N) is 2. The van der Waals surface area contributed by atoms with E-state index in [1.165, 1.54) is 0 Å². The first kappa shape index (κ1) is 13.9. The van der Waals surface area contributed by atoms with Gasteiger partial charge in [0.15, 0.2) is 5.75 Å². The van der Waals surface area contributed by atoms with Crippen molar-refractivity contribution in [3.05, 3.63) is 53.7 Å². The van der Waals surface area contributed by atoms with E-state index in [1.54, 1.807) is 24.4 Å². The summed E-state index contributed by atoms with van der Waals surface area (Å²) >= 11 is 0. The van der Waals surface area contributed by atoms with E-state index < -0.39 is 0 Å². The van der Waals surface area contributed by atoms with Crippen LogP contribution in [0.4, 0.5) is 5.82 Å². The van der Waals surface area contributed by atoms with Gasteiger partial charge in [0, 0.05) is 29.8 Å². The van der Waals surface area contributed by atoms with Crippen molar-refractivity contribution in [2.75, 3.05) is 5.32 Å². The molecule has 1 aliphatic rings. The second kappa shape index (κ2) is 6.13. The van der Waals surface area contributed by atoms with Gasteiger partial charge in [-0.25, -0.2) is 10.5 Å². The zero-order valence-electron chi connectivity index (χ0n) is 11.6. The Hall–Kier alpha value is -3.09. The number of rotatable bonds is 3. The largest absolute Gasteiger partial charge is 0.409 e. The van der Waals surface area contributed by atoms with Crippen LogP contribution in [0.1, 0.15) is 17.5 Å². The minimum absolute atomic E-state index is 0.0630. The van der Waals surface area contributed by atoms with Crippen molar-refractivity contribution in [1.29, 1.82) is 0 Å². The number of benzene rings is 1. The van der Waals surface area contributed by atoms with E-state index in [0.29, 0.717) is 30.0 Å². The topological polar surface area (TPSA) is 95.8 Å². The zero-order chi connectivity index (χ0) is 15.4. The van der Waals surface area contributed by atoms with Crippen LogP contribution in [0.25, 0.3) is 0 Å². The Kier molecular flexibility index (Phi) is 3.86. The highest BCUT2D eigenvalue weighted by Gasteiger charge is 2.20. The SMILES string of the molecule is O=C1CCc2c(ON/C(=N\O)c3ccccc3)ccnc2N1. The predicted molar refractivity (Wildman–Crippen MR) is 79.7 cm³/mol. The molecule has 0 aliphatic carbocycles. The number of aromatic nitrogens is 1. The summed E-state index contributed by atoms with van der Waals surface area (Å²) in [5.41, 5.74) is 4.11. The molecule has 0 bridgehead atoms. The van der Waals surface area contributed by atoms with Gasteiger partial charge in [0.1, 0.15) is 5.82 Å². The van der Waals surface area contributed by atoms with Crippen LogP contribution in [0.5, 0.6) is 5.75 Å². The molecule has 0 fully saturated rings.